The predicted molar refractivity (Wildman–Crippen MR) is 102 cm³/mol. The molecule has 0 spiro atoms. The first-order chi connectivity index (χ1) is 12.3. The van der Waals surface area contributed by atoms with Crippen molar-refractivity contribution >= 4 is 11.4 Å². The number of hydrogen-bond donors (Lipinski definition) is 0. The zero-order valence-corrected chi connectivity index (χ0v) is 15.8. The lowest BCUT2D eigenvalue weighted by molar-refractivity contribution is 0.250. The van der Waals surface area contributed by atoms with Crippen LogP contribution in [0.3, 0.4) is 0 Å². The van der Waals surface area contributed by atoms with Gasteiger partial charge >= 0.3 is 0 Å². The molecule has 1 aromatic heterocycles. The Kier molecular flexibility index (Phi) is 4.76. The first-order valence-corrected chi connectivity index (χ1v) is 8.66. The van der Waals surface area contributed by atoms with E-state index in [0.29, 0.717) is 24.4 Å². The average molecular weight is 353 g/mol. The molecule has 0 saturated carbocycles. The van der Waals surface area contributed by atoms with Crippen LogP contribution in [0.25, 0.3) is 5.70 Å². The van der Waals surface area contributed by atoms with Crippen molar-refractivity contribution in [1.82, 2.24) is 19.7 Å². The molecule has 0 saturated heterocycles. The maximum Gasteiger partial charge on any atom is 0.178 e. The summed E-state index contributed by atoms with van der Waals surface area (Å²) in [6.07, 6.45) is 0. The Morgan fingerprint density at radius 1 is 1.23 bits per heavy atom. The zero-order valence-electron chi connectivity index (χ0n) is 15.8. The Bertz CT molecular complexity index is 909. The standard InChI is InChI=1S/C20H24FN5/c1-12(2)22-14(4)19-23-24-20-16(6)25(9-10-26(19)20)15(5)17-8-7-13(3)11-18(17)21/h7-8,11,16H,1,5,9-10H2,2-4,6H3/t16-/m1/s1. The Morgan fingerprint density at radius 2 is 1.96 bits per heavy atom. The quantitative estimate of drug-likeness (QED) is 0.777. The van der Waals surface area contributed by atoms with Gasteiger partial charge in [0.25, 0.3) is 0 Å². The van der Waals surface area contributed by atoms with E-state index in [-0.39, 0.29) is 11.9 Å². The van der Waals surface area contributed by atoms with Gasteiger partial charge in [-0.05, 0) is 45.4 Å². The second-order valence-corrected chi connectivity index (χ2v) is 6.77. The van der Waals surface area contributed by atoms with Gasteiger partial charge in [-0.25, -0.2) is 4.39 Å². The van der Waals surface area contributed by atoms with Gasteiger partial charge in [-0.1, -0.05) is 19.2 Å². The van der Waals surface area contributed by atoms with Crippen LogP contribution in [-0.2, 0) is 6.54 Å². The Labute approximate surface area is 153 Å². The van der Waals surface area contributed by atoms with Gasteiger partial charge in [0.15, 0.2) is 11.6 Å². The monoisotopic (exact) mass is 353 g/mol. The molecule has 0 radical (unpaired) electrons. The summed E-state index contributed by atoms with van der Waals surface area (Å²) < 4.78 is 16.4. The molecule has 1 aliphatic heterocycles. The first-order valence-electron chi connectivity index (χ1n) is 8.66. The van der Waals surface area contributed by atoms with E-state index in [1.165, 1.54) is 6.07 Å². The third-order valence-corrected chi connectivity index (χ3v) is 4.65. The molecule has 2 aromatic rings. The number of aromatic nitrogens is 3. The molecule has 0 unspecified atom stereocenters. The van der Waals surface area contributed by atoms with E-state index < -0.39 is 0 Å². The number of fused-ring (bicyclic) bond motifs is 1. The lowest BCUT2D eigenvalue weighted by atomic mass is 10.1. The fourth-order valence-corrected chi connectivity index (χ4v) is 3.37. The van der Waals surface area contributed by atoms with Crippen molar-refractivity contribution in [2.24, 2.45) is 4.99 Å². The van der Waals surface area contributed by atoms with Crippen molar-refractivity contribution in [3.8, 4) is 0 Å². The second-order valence-electron chi connectivity index (χ2n) is 6.77. The molecule has 0 bridgehead atoms. The van der Waals surface area contributed by atoms with Gasteiger partial charge in [0.1, 0.15) is 5.82 Å². The maximum atomic E-state index is 14.4. The van der Waals surface area contributed by atoms with Crippen LogP contribution >= 0.6 is 0 Å². The Hall–Kier alpha value is -2.76. The predicted octanol–water partition coefficient (Wildman–Crippen LogP) is 4.12. The molecule has 2 heterocycles. The number of benzene rings is 1. The van der Waals surface area contributed by atoms with Crippen LogP contribution < -0.4 is 0 Å². The molecule has 136 valence electrons. The summed E-state index contributed by atoms with van der Waals surface area (Å²) in [5, 5.41) is 8.66. The highest BCUT2D eigenvalue weighted by molar-refractivity contribution is 5.96. The summed E-state index contributed by atoms with van der Waals surface area (Å²) in [7, 11) is 0. The number of hydrogen-bond acceptors (Lipinski definition) is 4. The number of aliphatic imine (C=N–C) groups is 1. The summed E-state index contributed by atoms with van der Waals surface area (Å²) in [5.74, 6) is 1.33. The van der Waals surface area contributed by atoms with Crippen molar-refractivity contribution in [3.63, 3.8) is 0 Å². The summed E-state index contributed by atoms with van der Waals surface area (Å²) in [6.45, 7) is 17.0. The fraction of sp³-hybridized carbons (Fsp3) is 0.350. The van der Waals surface area contributed by atoms with Crippen molar-refractivity contribution < 1.29 is 4.39 Å². The van der Waals surface area contributed by atoms with Crippen LogP contribution in [-0.4, -0.2) is 31.9 Å². The summed E-state index contributed by atoms with van der Waals surface area (Å²) in [4.78, 5) is 6.47. The van der Waals surface area contributed by atoms with Gasteiger partial charge in [-0.2, -0.15) is 0 Å². The fourth-order valence-electron chi connectivity index (χ4n) is 3.37. The van der Waals surface area contributed by atoms with Crippen molar-refractivity contribution in [2.75, 3.05) is 6.54 Å². The van der Waals surface area contributed by atoms with E-state index in [1.807, 2.05) is 33.8 Å². The number of halogens is 1. The smallest absolute Gasteiger partial charge is 0.178 e. The Balaban J connectivity index is 1.91. The van der Waals surface area contributed by atoms with E-state index in [1.54, 1.807) is 6.07 Å². The van der Waals surface area contributed by atoms with Crippen LogP contribution in [0, 0.1) is 12.7 Å². The molecule has 6 heteroatoms. The third kappa shape index (κ3) is 3.19. The van der Waals surface area contributed by atoms with Gasteiger partial charge in [0, 0.05) is 30.0 Å². The number of rotatable bonds is 4. The molecule has 5 nitrogen and oxygen atoms in total. The minimum absolute atomic E-state index is 0.0594. The molecular formula is C20H24FN5. The highest BCUT2D eigenvalue weighted by Gasteiger charge is 2.30. The van der Waals surface area contributed by atoms with Crippen LogP contribution in [0.1, 0.15) is 49.6 Å². The highest BCUT2D eigenvalue weighted by Crippen LogP contribution is 2.32. The third-order valence-electron chi connectivity index (χ3n) is 4.65. The number of allylic oxidation sites excluding steroid dienone is 1. The lowest BCUT2D eigenvalue weighted by Crippen LogP contribution is -2.36. The van der Waals surface area contributed by atoms with Gasteiger partial charge in [0.05, 0.1) is 11.8 Å². The van der Waals surface area contributed by atoms with Crippen molar-refractivity contribution in [1.29, 1.82) is 0 Å². The molecular weight excluding hydrogens is 329 g/mol. The van der Waals surface area contributed by atoms with Crippen LogP contribution in [0.2, 0.25) is 0 Å². The summed E-state index contributed by atoms with van der Waals surface area (Å²) in [6, 6.07) is 5.16. The molecule has 0 amide bonds. The maximum absolute atomic E-state index is 14.4. The van der Waals surface area contributed by atoms with Crippen molar-refractivity contribution in [3.05, 3.63) is 65.6 Å². The van der Waals surface area contributed by atoms with Crippen molar-refractivity contribution in [2.45, 2.75) is 40.3 Å². The second kappa shape index (κ2) is 6.86. The SMILES string of the molecule is C=C(C)N=C(C)c1nnc2n1CCN(C(=C)c1ccc(C)cc1F)[C@@H]2C. The molecule has 0 N–H and O–H groups in total. The molecule has 0 fully saturated rings. The first kappa shape index (κ1) is 18.0. The van der Waals surface area contributed by atoms with Crippen LogP contribution in [0.5, 0.6) is 0 Å². The van der Waals surface area contributed by atoms with Gasteiger partial charge < -0.3 is 9.47 Å². The Morgan fingerprint density at radius 3 is 2.62 bits per heavy atom. The largest absolute Gasteiger partial charge is 0.360 e. The van der Waals surface area contributed by atoms with Gasteiger partial charge in [-0.15, -0.1) is 10.2 Å². The minimum atomic E-state index is -0.251. The number of aryl methyl sites for hydroxylation is 1. The molecule has 1 aromatic carbocycles. The molecule has 3 rings (SSSR count). The summed E-state index contributed by atoms with van der Waals surface area (Å²) in [5.41, 5.74) is 3.60. The topological polar surface area (TPSA) is 46.3 Å². The van der Waals surface area contributed by atoms with E-state index in [0.717, 1.165) is 28.6 Å². The molecule has 26 heavy (non-hydrogen) atoms. The van der Waals surface area contributed by atoms with Crippen LogP contribution in [0.4, 0.5) is 4.39 Å². The van der Waals surface area contributed by atoms with Gasteiger partial charge in [-0.3, -0.25) is 4.99 Å². The van der Waals surface area contributed by atoms with E-state index in [2.05, 4.69) is 37.8 Å². The number of nitrogens with zero attached hydrogens (tertiary/aromatic N) is 5. The van der Waals surface area contributed by atoms with E-state index in [9.17, 15) is 4.39 Å². The highest BCUT2D eigenvalue weighted by atomic mass is 19.1. The van der Waals surface area contributed by atoms with E-state index >= 15 is 0 Å². The molecule has 0 aliphatic carbocycles. The minimum Gasteiger partial charge on any atom is -0.360 e. The molecule has 1 aliphatic rings. The van der Waals surface area contributed by atoms with Gasteiger partial charge in [0.2, 0.25) is 0 Å². The van der Waals surface area contributed by atoms with E-state index in [4.69, 9.17) is 0 Å². The zero-order chi connectivity index (χ0) is 19.0. The normalized spacial score (nSPS) is 17.2. The average Bonchev–Trinajstić information content (AvgIpc) is 2.99. The van der Waals surface area contributed by atoms with Crippen LogP contribution in [0.15, 0.2) is 42.0 Å². The lowest BCUT2D eigenvalue weighted by Gasteiger charge is -2.37. The summed E-state index contributed by atoms with van der Waals surface area (Å²) >= 11 is 0. The molecule has 1 atom stereocenters.